The fourth-order valence-corrected chi connectivity index (χ4v) is 2.16. The van der Waals surface area contributed by atoms with Crippen molar-refractivity contribution >= 4 is 29.0 Å². The monoisotopic (exact) mass is 259 g/mol. The molecule has 1 aromatic rings. The predicted octanol–water partition coefficient (Wildman–Crippen LogP) is 1.09. The first kappa shape index (κ1) is 13.1. The molecule has 0 bridgehead atoms. The Labute approximate surface area is 100 Å². The number of nitro groups is 1. The maximum Gasteiger partial charge on any atom is 0.325 e. The van der Waals surface area contributed by atoms with Gasteiger partial charge in [0.2, 0.25) is 0 Å². The Kier molecular flexibility index (Phi) is 4.16. The van der Waals surface area contributed by atoms with E-state index >= 15 is 0 Å². The second-order valence-corrected chi connectivity index (χ2v) is 3.85. The second-order valence-electron chi connectivity index (χ2n) is 2.91. The summed E-state index contributed by atoms with van der Waals surface area (Å²) in [6, 6.07) is 1.22. The van der Waals surface area contributed by atoms with Gasteiger partial charge >= 0.3 is 11.9 Å². The third kappa shape index (κ3) is 2.59. The van der Waals surface area contributed by atoms with E-state index in [0.717, 1.165) is 25.6 Å². The number of carbonyl (C=O) groups excluding carboxylic acids is 2. The summed E-state index contributed by atoms with van der Waals surface area (Å²) >= 11 is 0.930. The Morgan fingerprint density at radius 2 is 1.88 bits per heavy atom. The molecule has 0 atom stereocenters. The van der Waals surface area contributed by atoms with Gasteiger partial charge in [-0.1, -0.05) is 0 Å². The summed E-state index contributed by atoms with van der Waals surface area (Å²) in [6.45, 7) is 0. The molecule has 0 saturated carbocycles. The summed E-state index contributed by atoms with van der Waals surface area (Å²) in [5.41, 5.74) is -0.296. The van der Waals surface area contributed by atoms with Gasteiger partial charge in [0.05, 0.1) is 19.1 Å². The molecule has 0 spiro atoms. The molecule has 0 radical (unpaired) electrons. The molecule has 17 heavy (non-hydrogen) atoms. The van der Waals surface area contributed by atoms with E-state index in [1.807, 2.05) is 0 Å². The first-order chi connectivity index (χ1) is 8.02. The van der Waals surface area contributed by atoms with Gasteiger partial charge < -0.3 is 9.47 Å². The zero-order valence-electron chi connectivity index (χ0n) is 9.04. The molecule has 0 amide bonds. The van der Waals surface area contributed by atoms with Crippen molar-refractivity contribution < 1.29 is 24.0 Å². The van der Waals surface area contributed by atoms with E-state index in [1.54, 1.807) is 0 Å². The number of nitrogens with zero attached hydrogens (tertiary/aromatic N) is 1. The fourth-order valence-electron chi connectivity index (χ4n) is 1.23. The molecule has 7 nitrogen and oxygen atoms in total. The van der Waals surface area contributed by atoms with Gasteiger partial charge in [0, 0.05) is 6.07 Å². The van der Waals surface area contributed by atoms with Crippen LogP contribution in [0.5, 0.6) is 0 Å². The van der Waals surface area contributed by atoms with Gasteiger partial charge in [-0.2, -0.15) is 0 Å². The molecule has 0 fully saturated rings. The van der Waals surface area contributed by atoms with Crippen LogP contribution < -0.4 is 0 Å². The molecule has 0 N–H and O–H groups in total. The molecule has 0 unspecified atom stereocenters. The third-order valence-corrected chi connectivity index (χ3v) is 2.98. The highest BCUT2D eigenvalue weighted by atomic mass is 32.1. The average Bonchev–Trinajstić information content (AvgIpc) is 2.77. The normalized spacial score (nSPS) is 10.1. The summed E-state index contributed by atoms with van der Waals surface area (Å²) in [5, 5.41) is 12.1. The first-order valence-corrected chi connectivity index (χ1v) is 5.28. The van der Waals surface area contributed by atoms with Gasteiger partial charge in [0.1, 0.15) is 4.88 Å². The predicted molar refractivity (Wildman–Crippen MR) is 57.7 cm³/mol. The van der Waals surface area contributed by atoms with E-state index in [0.29, 0.717) is 0 Å². The lowest BCUT2D eigenvalue weighted by Gasteiger charge is -2.09. The topological polar surface area (TPSA) is 95.7 Å². The van der Waals surface area contributed by atoms with Crippen LogP contribution in [0.3, 0.4) is 0 Å². The minimum atomic E-state index is -1.41. The number of rotatable bonds is 4. The van der Waals surface area contributed by atoms with Crippen LogP contribution >= 0.6 is 11.3 Å². The van der Waals surface area contributed by atoms with Crippen LogP contribution in [-0.4, -0.2) is 31.1 Å². The number of methoxy groups -OCH3 is 2. The first-order valence-electron chi connectivity index (χ1n) is 4.40. The second kappa shape index (κ2) is 5.39. The molecule has 0 saturated heterocycles. The number of hydrogen-bond donors (Lipinski definition) is 0. The van der Waals surface area contributed by atoms with E-state index in [9.17, 15) is 19.7 Å². The van der Waals surface area contributed by atoms with Gasteiger partial charge in [0.15, 0.2) is 5.92 Å². The zero-order valence-corrected chi connectivity index (χ0v) is 9.85. The Morgan fingerprint density at radius 1 is 1.35 bits per heavy atom. The highest BCUT2D eigenvalue weighted by Gasteiger charge is 2.37. The van der Waals surface area contributed by atoms with Crippen molar-refractivity contribution in [3.05, 3.63) is 26.4 Å². The van der Waals surface area contributed by atoms with Crippen molar-refractivity contribution in [1.29, 1.82) is 0 Å². The van der Waals surface area contributed by atoms with E-state index in [2.05, 4.69) is 9.47 Å². The molecule has 0 aliphatic carbocycles. The summed E-state index contributed by atoms with van der Waals surface area (Å²) in [5.74, 6) is -3.18. The Bertz CT molecular complexity index is 438. The highest BCUT2D eigenvalue weighted by Crippen LogP contribution is 2.33. The maximum atomic E-state index is 11.4. The summed E-state index contributed by atoms with van der Waals surface area (Å²) in [7, 11) is 2.19. The smallest absolute Gasteiger partial charge is 0.325 e. The van der Waals surface area contributed by atoms with Crippen LogP contribution in [0.15, 0.2) is 11.4 Å². The molecular weight excluding hydrogens is 250 g/mol. The lowest BCUT2D eigenvalue weighted by atomic mass is 10.1. The van der Waals surface area contributed by atoms with Gasteiger partial charge in [0.25, 0.3) is 5.69 Å². The highest BCUT2D eigenvalue weighted by molar-refractivity contribution is 7.10. The van der Waals surface area contributed by atoms with Crippen LogP contribution in [0.2, 0.25) is 0 Å². The van der Waals surface area contributed by atoms with Crippen molar-refractivity contribution in [2.75, 3.05) is 14.2 Å². The van der Waals surface area contributed by atoms with E-state index in [1.165, 1.54) is 11.4 Å². The lowest BCUT2D eigenvalue weighted by molar-refractivity contribution is -0.385. The number of esters is 2. The van der Waals surface area contributed by atoms with Gasteiger partial charge in [-0.05, 0) is 5.38 Å². The van der Waals surface area contributed by atoms with Gasteiger partial charge in [-0.15, -0.1) is 11.3 Å². The molecular formula is C9H9NO6S. The van der Waals surface area contributed by atoms with Crippen LogP contribution in [0.1, 0.15) is 10.8 Å². The summed E-state index contributed by atoms with van der Waals surface area (Å²) in [6.07, 6.45) is 0. The van der Waals surface area contributed by atoms with Gasteiger partial charge in [-0.3, -0.25) is 19.7 Å². The van der Waals surface area contributed by atoms with E-state index < -0.39 is 22.8 Å². The lowest BCUT2D eigenvalue weighted by Crippen LogP contribution is -2.24. The quantitative estimate of drug-likeness (QED) is 0.347. The standard InChI is InChI=1S/C9H9NO6S/c1-15-8(11)6(9(12)16-2)7-5(10(13)14)3-4-17-7/h3-4,6H,1-2H3. The zero-order chi connectivity index (χ0) is 13.0. The molecule has 92 valence electrons. The van der Waals surface area contributed by atoms with Crippen LogP contribution in [0, 0.1) is 10.1 Å². The molecule has 0 aliphatic rings. The maximum absolute atomic E-state index is 11.4. The van der Waals surface area contributed by atoms with Crippen LogP contribution in [0.4, 0.5) is 5.69 Å². The number of thiophene rings is 1. The van der Waals surface area contributed by atoms with E-state index in [4.69, 9.17) is 0 Å². The molecule has 1 rings (SSSR count). The Morgan fingerprint density at radius 3 is 2.29 bits per heavy atom. The average molecular weight is 259 g/mol. The van der Waals surface area contributed by atoms with Crippen molar-refractivity contribution in [2.24, 2.45) is 0 Å². The van der Waals surface area contributed by atoms with Crippen LogP contribution in [-0.2, 0) is 19.1 Å². The summed E-state index contributed by atoms with van der Waals surface area (Å²) in [4.78, 5) is 33.0. The molecule has 1 aromatic heterocycles. The van der Waals surface area contributed by atoms with Crippen molar-refractivity contribution in [3.8, 4) is 0 Å². The SMILES string of the molecule is COC(=O)C(C(=O)OC)c1sccc1[N+](=O)[O-]. The minimum absolute atomic E-state index is 0.00806. The van der Waals surface area contributed by atoms with Crippen molar-refractivity contribution in [2.45, 2.75) is 5.92 Å². The number of ether oxygens (including phenoxy) is 2. The number of hydrogen-bond acceptors (Lipinski definition) is 7. The molecule has 1 heterocycles. The fraction of sp³-hybridized carbons (Fsp3) is 0.333. The molecule has 8 heteroatoms. The van der Waals surface area contributed by atoms with Crippen LogP contribution in [0.25, 0.3) is 0 Å². The van der Waals surface area contributed by atoms with E-state index in [-0.39, 0.29) is 10.6 Å². The third-order valence-electron chi connectivity index (χ3n) is 2.01. The number of carbonyl (C=O) groups is 2. The molecule has 0 aliphatic heterocycles. The Balaban J connectivity index is 3.22. The molecule has 0 aromatic carbocycles. The minimum Gasteiger partial charge on any atom is -0.468 e. The Hall–Kier alpha value is -1.96. The summed E-state index contributed by atoms with van der Waals surface area (Å²) < 4.78 is 8.88. The van der Waals surface area contributed by atoms with Crippen molar-refractivity contribution in [1.82, 2.24) is 0 Å². The van der Waals surface area contributed by atoms with Crippen molar-refractivity contribution in [3.63, 3.8) is 0 Å². The largest absolute Gasteiger partial charge is 0.468 e. The van der Waals surface area contributed by atoms with Gasteiger partial charge in [-0.25, -0.2) is 0 Å².